The second kappa shape index (κ2) is 17.5. The standard InChI is InChI=1S/C18H37NO2/c1-19-17-15-13-11-9-7-5-3-4-6-8-10-12-14-16-18(20)21-2/h19H,3-17H2,1-2H3. The number of rotatable bonds is 16. The third kappa shape index (κ3) is 17.4. The second-order valence-electron chi connectivity index (χ2n) is 6.03. The Morgan fingerprint density at radius 1 is 0.714 bits per heavy atom. The lowest BCUT2D eigenvalue weighted by Gasteiger charge is -2.03. The van der Waals surface area contributed by atoms with Gasteiger partial charge in [0.1, 0.15) is 0 Å². The molecule has 0 radical (unpaired) electrons. The first-order valence-corrected chi connectivity index (χ1v) is 9.02. The molecule has 0 heterocycles. The van der Waals surface area contributed by atoms with Crippen molar-refractivity contribution >= 4 is 5.97 Å². The van der Waals surface area contributed by atoms with E-state index in [9.17, 15) is 4.79 Å². The fraction of sp³-hybridized carbons (Fsp3) is 0.944. The largest absolute Gasteiger partial charge is 0.469 e. The molecule has 0 saturated heterocycles. The Kier molecular flexibility index (Phi) is 17.0. The van der Waals surface area contributed by atoms with Crippen molar-refractivity contribution in [1.82, 2.24) is 5.32 Å². The minimum Gasteiger partial charge on any atom is -0.469 e. The highest BCUT2D eigenvalue weighted by Crippen LogP contribution is 2.12. The van der Waals surface area contributed by atoms with Crippen LogP contribution in [0.15, 0.2) is 0 Å². The van der Waals surface area contributed by atoms with Crippen LogP contribution < -0.4 is 5.32 Å². The van der Waals surface area contributed by atoms with Crippen LogP contribution >= 0.6 is 0 Å². The van der Waals surface area contributed by atoms with E-state index in [1.165, 1.54) is 90.7 Å². The van der Waals surface area contributed by atoms with E-state index < -0.39 is 0 Å². The number of hydrogen-bond donors (Lipinski definition) is 1. The number of carbonyl (C=O) groups excluding carboxylic acids is 1. The normalized spacial score (nSPS) is 10.8. The van der Waals surface area contributed by atoms with Gasteiger partial charge in [-0.3, -0.25) is 4.79 Å². The number of unbranched alkanes of at least 4 members (excludes halogenated alkanes) is 12. The van der Waals surface area contributed by atoms with E-state index in [2.05, 4.69) is 10.1 Å². The van der Waals surface area contributed by atoms with E-state index in [1.807, 2.05) is 7.05 Å². The highest BCUT2D eigenvalue weighted by atomic mass is 16.5. The van der Waals surface area contributed by atoms with Gasteiger partial charge in [0.15, 0.2) is 0 Å². The van der Waals surface area contributed by atoms with E-state index in [4.69, 9.17) is 0 Å². The molecule has 0 aromatic carbocycles. The van der Waals surface area contributed by atoms with Gasteiger partial charge in [-0.15, -0.1) is 0 Å². The summed E-state index contributed by atoms with van der Waals surface area (Å²) in [5.41, 5.74) is 0. The predicted molar refractivity (Wildman–Crippen MR) is 90.6 cm³/mol. The van der Waals surface area contributed by atoms with Gasteiger partial charge < -0.3 is 10.1 Å². The van der Waals surface area contributed by atoms with E-state index in [0.29, 0.717) is 6.42 Å². The molecule has 0 amide bonds. The van der Waals surface area contributed by atoms with Gasteiger partial charge in [0.2, 0.25) is 0 Å². The molecule has 0 fully saturated rings. The third-order valence-corrected chi connectivity index (χ3v) is 4.04. The lowest BCUT2D eigenvalue weighted by molar-refractivity contribution is -0.140. The first-order valence-electron chi connectivity index (χ1n) is 9.02. The first kappa shape index (κ1) is 20.4. The van der Waals surface area contributed by atoms with Gasteiger partial charge in [-0.05, 0) is 26.4 Å². The number of esters is 1. The summed E-state index contributed by atoms with van der Waals surface area (Å²) in [6, 6.07) is 0. The van der Waals surface area contributed by atoms with Gasteiger partial charge in [0.25, 0.3) is 0 Å². The minimum absolute atomic E-state index is 0.0686. The average molecular weight is 299 g/mol. The van der Waals surface area contributed by atoms with Gasteiger partial charge in [0.05, 0.1) is 7.11 Å². The Labute approximate surface area is 132 Å². The van der Waals surface area contributed by atoms with Crippen LogP contribution in [-0.4, -0.2) is 26.7 Å². The summed E-state index contributed by atoms with van der Waals surface area (Å²) < 4.78 is 4.63. The van der Waals surface area contributed by atoms with Crippen molar-refractivity contribution in [3.63, 3.8) is 0 Å². The zero-order chi connectivity index (χ0) is 15.6. The maximum Gasteiger partial charge on any atom is 0.305 e. The molecule has 0 bridgehead atoms. The topological polar surface area (TPSA) is 38.3 Å². The fourth-order valence-corrected chi connectivity index (χ4v) is 2.62. The van der Waals surface area contributed by atoms with E-state index in [1.54, 1.807) is 0 Å². The Morgan fingerprint density at radius 3 is 1.48 bits per heavy atom. The molecule has 0 aromatic heterocycles. The summed E-state index contributed by atoms with van der Waals surface area (Å²) in [5, 5.41) is 3.20. The van der Waals surface area contributed by atoms with Crippen LogP contribution in [0.1, 0.15) is 89.9 Å². The number of ether oxygens (including phenoxy) is 1. The molecule has 3 nitrogen and oxygen atoms in total. The highest BCUT2D eigenvalue weighted by molar-refractivity contribution is 5.68. The highest BCUT2D eigenvalue weighted by Gasteiger charge is 1.99. The van der Waals surface area contributed by atoms with Crippen molar-refractivity contribution < 1.29 is 9.53 Å². The van der Waals surface area contributed by atoms with Gasteiger partial charge >= 0.3 is 5.97 Å². The van der Waals surface area contributed by atoms with E-state index in [0.717, 1.165) is 6.42 Å². The van der Waals surface area contributed by atoms with E-state index >= 15 is 0 Å². The number of carbonyl (C=O) groups is 1. The average Bonchev–Trinajstić information content (AvgIpc) is 2.50. The summed E-state index contributed by atoms with van der Waals surface area (Å²) >= 11 is 0. The molecule has 126 valence electrons. The molecule has 0 aliphatic carbocycles. The Morgan fingerprint density at radius 2 is 1.10 bits per heavy atom. The summed E-state index contributed by atoms with van der Waals surface area (Å²) in [7, 11) is 3.49. The van der Waals surface area contributed by atoms with Crippen molar-refractivity contribution in [2.45, 2.75) is 89.9 Å². The molecule has 0 aromatic rings. The van der Waals surface area contributed by atoms with Crippen LogP contribution in [0.25, 0.3) is 0 Å². The summed E-state index contributed by atoms with van der Waals surface area (Å²) in [5.74, 6) is -0.0686. The zero-order valence-corrected chi connectivity index (χ0v) is 14.4. The monoisotopic (exact) mass is 299 g/mol. The number of nitrogens with one attached hydrogen (secondary N) is 1. The van der Waals surface area contributed by atoms with Crippen molar-refractivity contribution in [1.29, 1.82) is 0 Å². The Bertz CT molecular complexity index is 219. The molecular weight excluding hydrogens is 262 g/mol. The van der Waals surface area contributed by atoms with Gasteiger partial charge in [0, 0.05) is 6.42 Å². The molecule has 0 unspecified atom stereocenters. The Hall–Kier alpha value is -0.570. The molecule has 3 heteroatoms. The molecule has 21 heavy (non-hydrogen) atoms. The van der Waals surface area contributed by atoms with Gasteiger partial charge in [-0.25, -0.2) is 0 Å². The van der Waals surface area contributed by atoms with Crippen LogP contribution in [0.5, 0.6) is 0 Å². The molecule has 0 rings (SSSR count). The summed E-state index contributed by atoms with van der Waals surface area (Å²) in [6.45, 7) is 1.17. The maximum absolute atomic E-state index is 10.9. The van der Waals surface area contributed by atoms with Crippen LogP contribution in [-0.2, 0) is 9.53 Å². The van der Waals surface area contributed by atoms with Crippen molar-refractivity contribution in [3.05, 3.63) is 0 Å². The minimum atomic E-state index is -0.0686. The smallest absolute Gasteiger partial charge is 0.305 e. The third-order valence-electron chi connectivity index (χ3n) is 4.04. The summed E-state index contributed by atoms with van der Waals surface area (Å²) in [6.07, 6.45) is 17.8. The molecule has 0 aliphatic heterocycles. The molecule has 0 spiro atoms. The maximum atomic E-state index is 10.9. The Balaban J connectivity index is 2.98. The first-order chi connectivity index (χ1) is 10.3. The lowest BCUT2D eigenvalue weighted by Crippen LogP contribution is -2.06. The van der Waals surface area contributed by atoms with E-state index in [-0.39, 0.29) is 5.97 Å². The van der Waals surface area contributed by atoms with Crippen LogP contribution in [0.4, 0.5) is 0 Å². The molecule has 0 aliphatic rings. The van der Waals surface area contributed by atoms with Gasteiger partial charge in [-0.2, -0.15) is 0 Å². The van der Waals surface area contributed by atoms with Crippen LogP contribution in [0, 0.1) is 0 Å². The van der Waals surface area contributed by atoms with Crippen molar-refractivity contribution in [3.8, 4) is 0 Å². The van der Waals surface area contributed by atoms with Crippen LogP contribution in [0.2, 0.25) is 0 Å². The zero-order valence-electron chi connectivity index (χ0n) is 14.4. The summed E-state index contributed by atoms with van der Waals surface area (Å²) in [4.78, 5) is 10.9. The number of hydrogen-bond acceptors (Lipinski definition) is 3. The molecule has 1 N–H and O–H groups in total. The SMILES string of the molecule is CNCCCCCCCCCCCCCCCC(=O)OC. The molecule has 0 saturated carbocycles. The fourth-order valence-electron chi connectivity index (χ4n) is 2.62. The quantitative estimate of drug-likeness (QED) is 0.327. The lowest BCUT2D eigenvalue weighted by atomic mass is 10.0. The van der Waals surface area contributed by atoms with Crippen molar-refractivity contribution in [2.24, 2.45) is 0 Å². The second-order valence-corrected chi connectivity index (χ2v) is 6.03. The number of methoxy groups -OCH3 is 1. The van der Waals surface area contributed by atoms with Crippen LogP contribution in [0.3, 0.4) is 0 Å². The predicted octanol–water partition coefficient (Wildman–Crippen LogP) is 4.84. The van der Waals surface area contributed by atoms with Crippen molar-refractivity contribution in [2.75, 3.05) is 20.7 Å². The molecule has 0 atom stereocenters. The molecular formula is C18H37NO2. The van der Waals surface area contributed by atoms with Gasteiger partial charge in [-0.1, -0.05) is 70.6 Å².